The molecule has 145 heavy (non-hydrogen) atoms. The zero-order chi connectivity index (χ0) is 105. The molecule has 16 aromatic rings. The SMILES string of the molecule is C.CCC(O)(c1cn(Cc2ccc3c(-c4ccc(OC)c(C)c4)cc(C(N)=O)nc3c2)cn1)C(F)(F)F.CCC(O)(c1cn(Cc2ccc3c(-c4ccc(OC)c(F)c4)cc(C(N)=O)nc3c2)cn1)C(F)(F)F.CCC(O)(c1cn(Cc2ccc3c(-c4ccc(OC)c(OC)c4)cc(C(N)=O)nc3c2)cn1)C(F)(F)F.CCC(O)(c1cn(Cc2ccc3c(-c4ccc(OC)cc4)cc(C(C)=O)nc3c2)cn1)C(F)(F)F. The number of aromatic nitrogens is 12. The first-order chi connectivity index (χ1) is 68.0. The highest BCUT2D eigenvalue weighted by Crippen LogP contribution is 2.47. The topological polar surface area (TPSA) is 396 Å². The summed E-state index contributed by atoms with van der Waals surface area (Å²) in [5, 5.41) is 43.6. The Labute approximate surface area is 820 Å². The molecule has 0 aliphatic heterocycles. The van der Waals surface area contributed by atoms with E-state index in [1.54, 1.807) is 93.1 Å². The average Bonchev–Trinajstić information content (AvgIpc) is 1.57. The number of amides is 3. The van der Waals surface area contributed by atoms with Gasteiger partial charge in [-0.25, -0.2) is 44.3 Å². The summed E-state index contributed by atoms with van der Waals surface area (Å²) < 4.78 is 207. The Morgan fingerprint density at radius 1 is 0.331 bits per heavy atom. The zero-order valence-corrected chi connectivity index (χ0v) is 79.0. The summed E-state index contributed by atoms with van der Waals surface area (Å²) >= 11 is 0. The number of ether oxygens (including phenoxy) is 5. The normalized spacial score (nSPS) is 13.4. The molecule has 0 aliphatic carbocycles. The molecule has 3 amide bonds. The fourth-order valence-corrected chi connectivity index (χ4v) is 16.2. The van der Waals surface area contributed by atoms with E-state index in [0.29, 0.717) is 83.8 Å². The number of Topliss-reactive ketones (excluding diaryl/α,β-unsaturated/α-hetero) is 1. The number of pyridine rings is 4. The third-order valence-corrected chi connectivity index (χ3v) is 24.5. The van der Waals surface area contributed by atoms with E-state index in [1.807, 2.05) is 85.8 Å². The Morgan fingerprint density at radius 2 is 0.600 bits per heavy atom. The number of nitrogens with zero attached hydrogens (tertiary/aromatic N) is 12. The second kappa shape index (κ2) is 43.2. The lowest BCUT2D eigenvalue weighted by molar-refractivity contribution is -0.269. The van der Waals surface area contributed by atoms with Crippen LogP contribution in [0.3, 0.4) is 0 Å². The Morgan fingerprint density at radius 3 is 0.869 bits per heavy atom. The van der Waals surface area contributed by atoms with Crippen molar-refractivity contribution in [3.05, 3.63) is 305 Å². The van der Waals surface area contributed by atoms with Crippen LogP contribution in [0.1, 0.15) is 160 Å². The number of hydrogen-bond donors (Lipinski definition) is 7. The van der Waals surface area contributed by atoms with Crippen molar-refractivity contribution in [1.29, 1.82) is 0 Å². The number of methoxy groups -OCH3 is 5. The number of carbonyl (C=O) groups excluding carboxylic acids is 4. The number of nitrogens with two attached hydrogens (primary N) is 3. The average molecular weight is 2020 g/mol. The lowest BCUT2D eigenvalue weighted by atomic mass is 9.96. The minimum Gasteiger partial charge on any atom is -0.497 e. The quantitative estimate of drug-likeness (QED) is 0.0169. The number of alkyl halides is 12. The first kappa shape index (κ1) is 108. The molecule has 0 spiro atoms. The van der Waals surface area contributed by atoms with E-state index in [0.717, 1.165) is 67.0 Å². The summed E-state index contributed by atoms with van der Waals surface area (Å²) in [6.45, 7) is 9.01. The van der Waals surface area contributed by atoms with Crippen LogP contribution in [0.15, 0.2) is 226 Å². The minimum atomic E-state index is -4.88. The first-order valence-corrected chi connectivity index (χ1v) is 44.3. The third kappa shape index (κ3) is 22.8. The van der Waals surface area contributed by atoms with Crippen molar-refractivity contribution in [3.63, 3.8) is 0 Å². The summed E-state index contributed by atoms with van der Waals surface area (Å²) in [4.78, 5) is 80.8. The fourth-order valence-electron chi connectivity index (χ4n) is 16.2. The molecule has 16 rings (SSSR count). The van der Waals surface area contributed by atoms with Gasteiger partial charge in [0.25, 0.3) is 17.7 Å². The van der Waals surface area contributed by atoms with Crippen LogP contribution in [-0.2, 0) is 48.6 Å². The van der Waals surface area contributed by atoms with Crippen LogP contribution in [0.2, 0.25) is 0 Å². The summed E-state index contributed by atoms with van der Waals surface area (Å²) in [6.07, 6.45) is -12.1. The Hall–Kier alpha value is -15.8. The summed E-state index contributed by atoms with van der Waals surface area (Å²) in [6, 6.07) is 50.6. The molecule has 0 saturated heterocycles. The molecule has 0 bridgehead atoms. The van der Waals surface area contributed by atoms with E-state index >= 15 is 0 Å². The monoisotopic (exact) mass is 2010 g/mol. The Bertz CT molecular complexity index is 7270. The van der Waals surface area contributed by atoms with Crippen molar-refractivity contribution in [2.45, 2.75) is 148 Å². The van der Waals surface area contributed by atoms with Crippen LogP contribution < -0.4 is 40.9 Å². The van der Waals surface area contributed by atoms with Crippen LogP contribution >= 0.6 is 0 Å². The lowest BCUT2D eigenvalue weighted by Gasteiger charge is -2.27. The van der Waals surface area contributed by atoms with E-state index in [9.17, 15) is 96.7 Å². The highest BCUT2D eigenvalue weighted by atomic mass is 19.4. The second-order valence-corrected chi connectivity index (χ2v) is 33.7. The van der Waals surface area contributed by atoms with Gasteiger partial charge in [0, 0.05) is 79.4 Å². The number of aliphatic hydroxyl groups is 4. The van der Waals surface area contributed by atoms with Crippen molar-refractivity contribution in [1.82, 2.24) is 58.1 Å². The highest BCUT2D eigenvalue weighted by molar-refractivity contribution is 6.05. The van der Waals surface area contributed by atoms with Crippen LogP contribution in [0.5, 0.6) is 28.7 Å². The van der Waals surface area contributed by atoms with Gasteiger partial charge in [0.05, 0.1) is 106 Å². The summed E-state index contributed by atoms with van der Waals surface area (Å²) in [5.74, 6) is -0.380. The van der Waals surface area contributed by atoms with E-state index in [4.69, 9.17) is 40.9 Å². The molecule has 8 heterocycles. The van der Waals surface area contributed by atoms with Crippen molar-refractivity contribution in [2.75, 3.05) is 35.5 Å². The number of carbonyl (C=O) groups is 4. The number of primary amides is 3. The van der Waals surface area contributed by atoms with E-state index in [2.05, 4.69) is 39.9 Å². The van der Waals surface area contributed by atoms with Gasteiger partial charge < -0.3 is 79.6 Å². The molecule has 760 valence electrons. The molecule has 8 aromatic carbocycles. The second-order valence-electron chi connectivity index (χ2n) is 33.7. The van der Waals surface area contributed by atoms with Crippen LogP contribution in [0.4, 0.5) is 57.1 Å². The number of benzene rings is 8. The predicted molar refractivity (Wildman–Crippen MR) is 515 cm³/mol. The molecule has 4 atom stereocenters. The van der Waals surface area contributed by atoms with Crippen molar-refractivity contribution in [2.24, 2.45) is 17.2 Å². The van der Waals surface area contributed by atoms with Gasteiger partial charge in [-0.15, -0.1) is 0 Å². The van der Waals surface area contributed by atoms with E-state index in [1.165, 1.54) is 136 Å². The molecular formula is C104H100F13N15O13. The van der Waals surface area contributed by atoms with Crippen LogP contribution in [0.25, 0.3) is 88.1 Å². The Balaban J connectivity index is 0.000000172. The van der Waals surface area contributed by atoms with Gasteiger partial charge in [-0.3, -0.25) is 19.2 Å². The first-order valence-electron chi connectivity index (χ1n) is 44.3. The molecule has 0 fully saturated rings. The zero-order valence-electron chi connectivity index (χ0n) is 79.0. The molecular weight excluding hydrogens is 1910 g/mol. The maximum atomic E-state index is 14.4. The molecule has 0 aliphatic rings. The van der Waals surface area contributed by atoms with Crippen molar-refractivity contribution in [3.8, 4) is 73.3 Å². The van der Waals surface area contributed by atoms with Gasteiger partial charge in [0.15, 0.2) is 28.8 Å². The highest BCUT2D eigenvalue weighted by Gasteiger charge is 2.58. The number of aryl methyl sites for hydroxylation is 1. The predicted octanol–water partition coefficient (Wildman–Crippen LogP) is 19.9. The summed E-state index contributed by atoms with van der Waals surface area (Å²) in [5.41, 5.74) is 14.3. The molecule has 0 radical (unpaired) electrons. The molecule has 8 aromatic heterocycles. The largest absolute Gasteiger partial charge is 0.497 e. The standard InChI is InChI=1S/C26H25F3N4O4.C26H25F3N4O3.C26H24F3N3O3.C25H22F4N4O3.CH4/c1-4-25(35,26(27,28)29)23-13-33(14-31-23)12-15-5-7-17-18(11-20(24(30)34)32-19(17)9-15)16-6-8-21(36-2)22(10-16)37-3;1-4-25(35,26(27,28)29)23-13-33(14-31-23)12-16-5-7-18-19(11-21(24(30)34)32-20(18)10-16)17-6-8-22(36-3)15(2)9-17;1-4-25(34,26(27,28)29)24-14-32(15-30-24)13-17-5-10-20-21(18-6-8-19(35-3)9-7-18)12-22(16(2)33)31-23(20)11-17;1-3-24(35,25(27,28)29)22-12-33(13-31-22)11-14-4-6-16-17(10-20(23(30)34)32-19(16)8-14)15-5-7-21(36-2)18(26)9-15;/h5-11,13-14,35H,4,12H2,1-3H3,(H2,30,34);5-11,13-14,35H,4,12H2,1-3H3,(H2,30,34);5-12,14-15,34H,4,13H2,1-3H3;4-10,12-13,35H,3,11H2,1-2H3,(H2,30,34);1H4. The molecule has 0 saturated carbocycles. The van der Waals surface area contributed by atoms with Crippen LogP contribution in [-0.4, -0.2) is 162 Å². The van der Waals surface area contributed by atoms with Crippen molar-refractivity contribution < 1.29 is 120 Å². The van der Waals surface area contributed by atoms with Gasteiger partial charge >= 0.3 is 24.7 Å². The third-order valence-electron chi connectivity index (χ3n) is 24.5. The van der Waals surface area contributed by atoms with Crippen molar-refractivity contribution >= 4 is 67.1 Å². The van der Waals surface area contributed by atoms with Crippen LogP contribution in [0, 0.1) is 12.7 Å². The maximum Gasteiger partial charge on any atom is 0.423 e. The number of ketones is 1. The minimum absolute atomic E-state index is 0. The molecule has 28 nitrogen and oxygen atoms in total. The smallest absolute Gasteiger partial charge is 0.423 e. The van der Waals surface area contributed by atoms with E-state index < -0.39 is 119 Å². The lowest BCUT2D eigenvalue weighted by Crippen LogP contribution is -2.42. The number of hydrogen-bond acceptors (Lipinski definition) is 21. The number of fused-ring (bicyclic) bond motifs is 4. The fraction of sp³-hybridized carbons (Fsp3) is 0.269. The number of halogens is 13. The Kier molecular flexibility index (Phi) is 32.2. The van der Waals surface area contributed by atoms with Gasteiger partial charge in [0.2, 0.25) is 22.4 Å². The van der Waals surface area contributed by atoms with Gasteiger partial charge in [-0.05, 0) is 202 Å². The number of rotatable bonds is 29. The summed E-state index contributed by atoms with van der Waals surface area (Å²) in [7, 11) is 7.57. The maximum absolute atomic E-state index is 14.4. The van der Waals surface area contributed by atoms with Gasteiger partial charge in [-0.2, -0.15) is 52.7 Å². The van der Waals surface area contributed by atoms with Gasteiger partial charge in [-0.1, -0.05) is 114 Å². The molecule has 4 unspecified atom stereocenters. The molecule has 10 N–H and O–H groups in total. The molecule has 41 heteroatoms. The van der Waals surface area contributed by atoms with E-state index in [-0.39, 0.29) is 62.2 Å². The van der Waals surface area contributed by atoms with Gasteiger partial charge in [0.1, 0.15) is 34.3 Å². The number of imidazole rings is 4.